The fourth-order valence-electron chi connectivity index (χ4n) is 8.00. The molecule has 5 aliphatic rings. The average Bonchev–Trinajstić information content (AvgIpc) is 3.48. The quantitative estimate of drug-likeness (QED) is 0.235. The van der Waals surface area contributed by atoms with Crippen LogP contribution in [0.1, 0.15) is 67.6 Å². The molecule has 194 valence electrons. The molecule has 2 saturated heterocycles. The van der Waals surface area contributed by atoms with Gasteiger partial charge >= 0.3 is 0 Å². The van der Waals surface area contributed by atoms with Crippen molar-refractivity contribution in [1.29, 1.82) is 0 Å². The number of fused-ring (bicyclic) bond motifs is 8. The first-order valence-electron chi connectivity index (χ1n) is 14.7. The highest BCUT2D eigenvalue weighted by atomic mass is 15.1. The van der Waals surface area contributed by atoms with Crippen molar-refractivity contribution in [2.45, 2.75) is 69.6 Å². The Balaban J connectivity index is 0.976. The first-order chi connectivity index (χ1) is 19.1. The molecule has 2 aliphatic heterocycles. The van der Waals surface area contributed by atoms with Gasteiger partial charge in [0.05, 0.1) is 28.8 Å². The molecule has 10 rings (SSSR count). The molecule has 4 N–H and O–H groups in total. The summed E-state index contributed by atoms with van der Waals surface area (Å²) in [6.07, 6.45) is 7.15. The number of hydrogen-bond donors (Lipinski definition) is 4. The number of nitrogens with one attached hydrogen (secondary N) is 4. The molecule has 39 heavy (non-hydrogen) atoms. The highest BCUT2D eigenvalue weighted by Crippen LogP contribution is 2.57. The zero-order chi connectivity index (χ0) is 25.5. The molecule has 5 aromatic rings. The Bertz CT molecular complexity index is 1840. The van der Waals surface area contributed by atoms with Crippen LogP contribution in [0.3, 0.4) is 0 Å². The average molecular weight is 513 g/mol. The Hall–Kier alpha value is -3.48. The number of hydrogen-bond acceptors (Lipinski definition) is 4. The third-order valence-electron chi connectivity index (χ3n) is 10.6. The predicted octanol–water partition coefficient (Wildman–Crippen LogP) is 6.11. The molecule has 2 unspecified atom stereocenters. The van der Waals surface area contributed by atoms with Gasteiger partial charge in [-0.05, 0) is 84.1 Å². The minimum atomic E-state index is 0.372. The van der Waals surface area contributed by atoms with Crippen molar-refractivity contribution in [2.75, 3.05) is 0 Å². The van der Waals surface area contributed by atoms with Gasteiger partial charge in [-0.15, -0.1) is 0 Å². The lowest BCUT2D eigenvalue weighted by atomic mass is 9.89. The summed E-state index contributed by atoms with van der Waals surface area (Å²) in [5.41, 5.74) is 10.4. The van der Waals surface area contributed by atoms with Crippen molar-refractivity contribution in [1.82, 2.24) is 30.6 Å². The number of aryl methyl sites for hydroxylation is 2. The number of benzene rings is 3. The Labute approximate surface area is 227 Å². The van der Waals surface area contributed by atoms with Crippen LogP contribution < -0.4 is 10.6 Å². The van der Waals surface area contributed by atoms with E-state index in [9.17, 15) is 0 Å². The zero-order valence-electron chi connectivity index (χ0n) is 22.1. The van der Waals surface area contributed by atoms with E-state index in [1.165, 1.54) is 64.4 Å². The Kier molecular flexibility index (Phi) is 3.93. The summed E-state index contributed by atoms with van der Waals surface area (Å²) in [7, 11) is 0. The molecule has 4 fully saturated rings. The van der Waals surface area contributed by atoms with Crippen LogP contribution in [-0.2, 0) is 12.8 Å². The van der Waals surface area contributed by atoms with Crippen LogP contribution in [0.2, 0.25) is 0 Å². The van der Waals surface area contributed by atoms with Gasteiger partial charge in [-0.2, -0.15) is 0 Å². The molecular weight excluding hydrogens is 480 g/mol. The van der Waals surface area contributed by atoms with Crippen LogP contribution in [0.5, 0.6) is 0 Å². The smallest absolute Gasteiger partial charge is 0.124 e. The molecule has 0 radical (unpaired) electrons. The molecule has 3 aliphatic carbocycles. The lowest BCUT2D eigenvalue weighted by molar-refractivity contribution is 0.488. The molecule has 2 aromatic heterocycles. The maximum absolute atomic E-state index is 5.14. The van der Waals surface area contributed by atoms with Gasteiger partial charge in [-0.3, -0.25) is 0 Å². The third-order valence-corrected chi connectivity index (χ3v) is 10.6. The van der Waals surface area contributed by atoms with Crippen LogP contribution in [-0.4, -0.2) is 32.0 Å². The topological polar surface area (TPSA) is 81.4 Å². The van der Waals surface area contributed by atoms with E-state index in [1.807, 2.05) is 0 Å². The predicted molar refractivity (Wildman–Crippen MR) is 153 cm³/mol. The Morgan fingerprint density at radius 2 is 1.72 bits per heavy atom. The number of aromatic nitrogens is 4. The lowest BCUT2D eigenvalue weighted by Crippen LogP contribution is -2.18. The molecule has 2 saturated carbocycles. The summed E-state index contributed by atoms with van der Waals surface area (Å²) < 4.78 is 0. The van der Waals surface area contributed by atoms with Gasteiger partial charge in [0.15, 0.2) is 0 Å². The Morgan fingerprint density at radius 1 is 0.821 bits per heavy atom. The van der Waals surface area contributed by atoms with Crippen molar-refractivity contribution >= 4 is 21.8 Å². The number of H-pyrrole nitrogens is 2. The van der Waals surface area contributed by atoms with Crippen molar-refractivity contribution in [3.8, 4) is 22.4 Å². The highest BCUT2D eigenvalue weighted by molar-refractivity contribution is 6.05. The molecule has 6 heteroatoms. The molecule has 6 nitrogen and oxygen atoms in total. The maximum Gasteiger partial charge on any atom is 0.124 e. The fourth-order valence-corrected chi connectivity index (χ4v) is 8.00. The van der Waals surface area contributed by atoms with Crippen LogP contribution >= 0.6 is 0 Å². The van der Waals surface area contributed by atoms with Gasteiger partial charge in [0, 0.05) is 28.7 Å². The van der Waals surface area contributed by atoms with Crippen molar-refractivity contribution in [3.05, 3.63) is 71.4 Å². The van der Waals surface area contributed by atoms with Gasteiger partial charge < -0.3 is 20.6 Å². The fraction of sp³-hybridized carbons (Fsp3) is 0.394. The summed E-state index contributed by atoms with van der Waals surface area (Å²) in [6, 6.07) is 20.4. The zero-order valence-corrected chi connectivity index (χ0v) is 22.1. The first kappa shape index (κ1) is 21.4. The normalized spacial score (nSPS) is 31.8. The van der Waals surface area contributed by atoms with E-state index >= 15 is 0 Å². The van der Waals surface area contributed by atoms with Gasteiger partial charge in [0.1, 0.15) is 11.6 Å². The van der Waals surface area contributed by atoms with E-state index in [4.69, 9.17) is 9.97 Å². The molecule has 0 amide bonds. The van der Waals surface area contributed by atoms with Gasteiger partial charge in [-0.25, -0.2) is 9.97 Å². The van der Waals surface area contributed by atoms with Gasteiger partial charge in [0.25, 0.3) is 0 Å². The number of piperidine rings is 2. The van der Waals surface area contributed by atoms with E-state index in [0.717, 1.165) is 53.2 Å². The number of aromatic amines is 2. The van der Waals surface area contributed by atoms with Crippen LogP contribution in [0.15, 0.2) is 48.5 Å². The van der Waals surface area contributed by atoms with Crippen molar-refractivity contribution in [3.63, 3.8) is 0 Å². The van der Waals surface area contributed by atoms with E-state index < -0.39 is 0 Å². The second-order valence-electron chi connectivity index (χ2n) is 13.2. The minimum Gasteiger partial charge on any atom is -0.344 e. The second-order valence-corrected chi connectivity index (χ2v) is 13.2. The first-order valence-corrected chi connectivity index (χ1v) is 14.7. The lowest BCUT2D eigenvalue weighted by Gasteiger charge is -2.16. The van der Waals surface area contributed by atoms with Crippen molar-refractivity contribution < 1.29 is 0 Å². The SMILES string of the molecule is CC12CC1N[C@H](c1nc3c([nH]1)CCc1cc(-c4ccc5c(ccc6[nH]c([C@@H]7C[C@H]8C[C@H]8N7)nc65)c4)ccc1-3)C2. The summed E-state index contributed by atoms with van der Waals surface area (Å²) in [5, 5.41) is 9.99. The molecule has 0 bridgehead atoms. The van der Waals surface area contributed by atoms with Crippen molar-refractivity contribution in [2.24, 2.45) is 11.3 Å². The maximum atomic E-state index is 5.14. The van der Waals surface area contributed by atoms with Gasteiger partial charge in [-0.1, -0.05) is 43.3 Å². The van der Waals surface area contributed by atoms with E-state index in [0.29, 0.717) is 23.5 Å². The largest absolute Gasteiger partial charge is 0.344 e. The summed E-state index contributed by atoms with van der Waals surface area (Å²) in [6.45, 7) is 2.40. The molecule has 0 spiro atoms. The third kappa shape index (κ3) is 3.10. The van der Waals surface area contributed by atoms with Crippen LogP contribution in [0, 0.1) is 11.3 Å². The summed E-state index contributed by atoms with van der Waals surface area (Å²) in [5.74, 6) is 3.09. The number of rotatable bonds is 3. The highest BCUT2D eigenvalue weighted by Gasteiger charge is 2.57. The summed E-state index contributed by atoms with van der Waals surface area (Å²) >= 11 is 0. The number of nitrogens with zero attached hydrogens (tertiary/aromatic N) is 2. The second kappa shape index (κ2) is 7.18. The van der Waals surface area contributed by atoms with Gasteiger partial charge in [0.2, 0.25) is 0 Å². The molecule has 6 atom stereocenters. The summed E-state index contributed by atoms with van der Waals surface area (Å²) in [4.78, 5) is 17.5. The molecule has 4 heterocycles. The van der Waals surface area contributed by atoms with E-state index in [-0.39, 0.29) is 0 Å². The monoisotopic (exact) mass is 512 g/mol. The minimum absolute atomic E-state index is 0.372. The number of imidazole rings is 2. The standard InChI is InChI=1S/C33H32N6/c1-33-14-27(35-28(33)15-33)32-37-24-9-5-19-11-17(3-7-22(19)30(24)39-32)16-2-6-21-18(10-16)4-8-23-29(21)38-31(36-23)26-13-20-12-25(20)34-26/h2-4,6-8,10-11,20,25-28,34-35H,5,9,12-15H2,1H3,(H,36,38)(H,37,39)/t20-,25-,26+,27+,28?,33?/m1/s1. The van der Waals surface area contributed by atoms with E-state index in [2.05, 4.69) is 76.1 Å². The Morgan fingerprint density at radius 3 is 2.59 bits per heavy atom. The molecule has 3 aromatic carbocycles. The van der Waals surface area contributed by atoms with Crippen LogP contribution in [0.25, 0.3) is 44.2 Å². The van der Waals surface area contributed by atoms with E-state index in [1.54, 1.807) is 0 Å². The molecular formula is C33H32N6. The van der Waals surface area contributed by atoms with Crippen LogP contribution in [0.4, 0.5) is 0 Å².